The zero-order valence-corrected chi connectivity index (χ0v) is 16.7. The van der Waals surface area contributed by atoms with E-state index in [0.717, 1.165) is 11.3 Å². The summed E-state index contributed by atoms with van der Waals surface area (Å²) in [6.07, 6.45) is 0. The van der Waals surface area contributed by atoms with Gasteiger partial charge in [0.15, 0.2) is 11.5 Å². The molecular weight excluding hydrogens is 423 g/mol. The van der Waals surface area contributed by atoms with E-state index in [0.29, 0.717) is 26.8 Å². The molecule has 4 aromatic rings. The minimum atomic E-state index is -0.523. The molecular formula is C17H12Cl2N6O2S. The summed E-state index contributed by atoms with van der Waals surface area (Å²) in [5.74, 6) is 0.211. The van der Waals surface area contributed by atoms with Crippen LogP contribution in [0.25, 0.3) is 16.2 Å². The van der Waals surface area contributed by atoms with E-state index in [2.05, 4.69) is 25.6 Å². The van der Waals surface area contributed by atoms with Gasteiger partial charge in [-0.1, -0.05) is 23.2 Å². The van der Waals surface area contributed by atoms with Crippen molar-refractivity contribution in [3.8, 4) is 11.3 Å². The number of ether oxygens (including phenoxy) is 1. The van der Waals surface area contributed by atoms with Gasteiger partial charge in [-0.2, -0.15) is 4.98 Å². The summed E-state index contributed by atoms with van der Waals surface area (Å²) >= 11 is 13.8. The second-order valence-corrected chi connectivity index (χ2v) is 7.20. The van der Waals surface area contributed by atoms with Crippen LogP contribution in [0.15, 0.2) is 35.7 Å². The second-order valence-electron chi connectivity index (χ2n) is 5.52. The molecule has 0 unspecified atom stereocenters. The molecule has 0 bridgehead atoms. The largest absolute Gasteiger partial charge is 0.461 e. The molecule has 0 fully saturated rings. The highest BCUT2D eigenvalue weighted by Crippen LogP contribution is 2.33. The number of nitrogens with zero attached hydrogens (tertiary/aromatic N) is 5. The minimum Gasteiger partial charge on any atom is -0.461 e. The van der Waals surface area contributed by atoms with Gasteiger partial charge in [0.05, 0.1) is 17.3 Å². The molecule has 0 aliphatic heterocycles. The first-order valence-electron chi connectivity index (χ1n) is 8.12. The predicted octanol–water partition coefficient (Wildman–Crippen LogP) is 4.47. The Kier molecular flexibility index (Phi) is 5.12. The van der Waals surface area contributed by atoms with E-state index in [1.54, 1.807) is 35.7 Å². The van der Waals surface area contributed by atoms with Gasteiger partial charge >= 0.3 is 5.97 Å². The quantitative estimate of drug-likeness (QED) is 0.462. The molecule has 0 atom stereocenters. The highest BCUT2D eigenvalue weighted by atomic mass is 35.5. The van der Waals surface area contributed by atoms with Crippen molar-refractivity contribution in [1.82, 2.24) is 24.8 Å². The molecule has 142 valence electrons. The van der Waals surface area contributed by atoms with Crippen molar-refractivity contribution in [2.24, 2.45) is 0 Å². The lowest BCUT2D eigenvalue weighted by molar-refractivity contribution is 0.0518. The number of esters is 1. The zero-order chi connectivity index (χ0) is 19.7. The van der Waals surface area contributed by atoms with Crippen molar-refractivity contribution >= 4 is 57.2 Å². The average molecular weight is 435 g/mol. The third kappa shape index (κ3) is 3.64. The zero-order valence-electron chi connectivity index (χ0n) is 14.4. The lowest BCUT2D eigenvalue weighted by Gasteiger charge is -2.03. The summed E-state index contributed by atoms with van der Waals surface area (Å²) in [5.41, 5.74) is 1.66. The predicted molar refractivity (Wildman–Crippen MR) is 108 cm³/mol. The van der Waals surface area contributed by atoms with E-state index < -0.39 is 5.97 Å². The number of hydrogen-bond acceptors (Lipinski definition) is 8. The van der Waals surface area contributed by atoms with E-state index >= 15 is 0 Å². The van der Waals surface area contributed by atoms with Crippen LogP contribution in [0.5, 0.6) is 0 Å². The fourth-order valence-corrected chi connectivity index (χ4v) is 3.65. The van der Waals surface area contributed by atoms with Crippen LogP contribution in [-0.4, -0.2) is 37.4 Å². The van der Waals surface area contributed by atoms with Gasteiger partial charge in [0.2, 0.25) is 10.9 Å². The number of benzene rings is 1. The molecule has 3 heterocycles. The maximum Gasteiger partial charge on any atom is 0.358 e. The number of halogens is 2. The van der Waals surface area contributed by atoms with Crippen LogP contribution < -0.4 is 5.32 Å². The molecule has 8 nitrogen and oxygen atoms in total. The Balaban J connectivity index is 1.60. The SMILES string of the molecule is CCOC(=O)c1ccc(Nc2nc3scc(-c4cc(Cl)ccc4Cl)n3n2)nn1. The van der Waals surface area contributed by atoms with E-state index in [-0.39, 0.29) is 12.3 Å². The number of rotatable bonds is 5. The third-order valence-electron chi connectivity index (χ3n) is 3.67. The average Bonchev–Trinajstić information content (AvgIpc) is 3.25. The monoisotopic (exact) mass is 434 g/mol. The standard InChI is InChI=1S/C17H12Cl2N6O2S/c1-2-27-15(26)12-5-6-14(23-22-12)20-16-21-17-25(24-16)13(8-28-17)10-7-9(18)3-4-11(10)19/h3-8H,2H2,1H3,(H,20,23,24). The van der Waals surface area contributed by atoms with Crippen LogP contribution in [0.4, 0.5) is 11.8 Å². The summed E-state index contributed by atoms with van der Waals surface area (Å²) in [6, 6.07) is 8.36. The molecule has 0 radical (unpaired) electrons. The maximum atomic E-state index is 11.6. The summed E-state index contributed by atoms with van der Waals surface area (Å²) in [6.45, 7) is 2.00. The number of carbonyl (C=O) groups excluding carboxylic acids is 1. The summed E-state index contributed by atoms with van der Waals surface area (Å²) in [4.78, 5) is 16.7. The van der Waals surface area contributed by atoms with Crippen LogP contribution >= 0.6 is 34.5 Å². The van der Waals surface area contributed by atoms with Crippen molar-refractivity contribution in [3.05, 3.63) is 51.5 Å². The second kappa shape index (κ2) is 7.70. The number of carbonyl (C=O) groups is 1. The Morgan fingerprint density at radius 2 is 2.11 bits per heavy atom. The number of hydrogen-bond donors (Lipinski definition) is 1. The van der Waals surface area contributed by atoms with Crippen LogP contribution in [-0.2, 0) is 4.74 Å². The lowest BCUT2D eigenvalue weighted by Crippen LogP contribution is -2.08. The molecule has 1 aromatic carbocycles. The smallest absolute Gasteiger partial charge is 0.358 e. The van der Waals surface area contributed by atoms with E-state index in [1.807, 2.05) is 5.38 Å². The Morgan fingerprint density at radius 3 is 2.86 bits per heavy atom. The Hall–Kier alpha value is -2.75. The van der Waals surface area contributed by atoms with Crippen LogP contribution in [0.1, 0.15) is 17.4 Å². The molecule has 28 heavy (non-hydrogen) atoms. The van der Waals surface area contributed by atoms with Gasteiger partial charge in [0.25, 0.3) is 0 Å². The molecule has 1 N–H and O–H groups in total. The van der Waals surface area contributed by atoms with Crippen molar-refractivity contribution < 1.29 is 9.53 Å². The summed E-state index contributed by atoms with van der Waals surface area (Å²) in [7, 11) is 0. The molecule has 11 heteroatoms. The summed E-state index contributed by atoms with van der Waals surface area (Å²) in [5, 5.41) is 18.3. The molecule has 0 amide bonds. The van der Waals surface area contributed by atoms with E-state index in [4.69, 9.17) is 27.9 Å². The van der Waals surface area contributed by atoms with Gasteiger partial charge in [0, 0.05) is 16.0 Å². The number of thiazole rings is 1. The van der Waals surface area contributed by atoms with Crippen molar-refractivity contribution in [2.75, 3.05) is 11.9 Å². The van der Waals surface area contributed by atoms with E-state index in [1.165, 1.54) is 17.4 Å². The first-order valence-corrected chi connectivity index (χ1v) is 9.76. The van der Waals surface area contributed by atoms with Crippen molar-refractivity contribution in [2.45, 2.75) is 6.92 Å². The van der Waals surface area contributed by atoms with Gasteiger partial charge < -0.3 is 10.1 Å². The minimum absolute atomic E-state index is 0.129. The highest BCUT2D eigenvalue weighted by Gasteiger charge is 2.15. The van der Waals surface area contributed by atoms with Gasteiger partial charge in [-0.15, -0.1) is 26.6 Å². The molecule has 0 spiro atoms. The highest BCUT2D eigenvalue weighted by molar-refractivity contribution is 7.15. The van der Waals surface area contributed by atoms with Gasteiger partial charge in [0.1, 0.15) is 0 Å². The Morgan fingerprint density at radius 1 is 1.25 bits per heavy atom. The van der Waals surface area contributed by atoms with Gasteiger partial charge in [-0.25, -0.2) is 9.31 Å². The van der Waals surface area contributed by atoms with Gasteiger partial charge in [-0.05, 0) is 37.3 Å². The molecule has 0 aliphatic carbocycles. The molecule has 0 aliphatic rings. The normalized spacial score (nSPS) is 11.0. The molecule has 0 saturated carbocycles. The Bertz CT molecular complexity index is 1160. The Labute approximate surface area is 173 Å². The summed E-state index contributed by atoms with van der Waals surface area (Å²) < 4.78 is 6.55. The topological polar surface area (TPSA) is 94.3 Å². The molecule has 0 saturated heterocycles. The van der Waals surface area contributed by atoms with Gasteiger partial charge in [-0.3, -0.25) is 0 Å². The first-order chi connectivity index (χ1) is 13.5. The lowest BCUT2D eigenvalue weighted by atomic mass is 10.2. The van der Waals surface area contributed by atoms with Crippen molar-refractivity contribution in [3.63, 3.8) is 0 Å². The van der Waals surface area contributed by atoms with Crippen LogP contribution in [0.3, 0.4) is 0 Å². The number of aromatic nitrogens is 5. The number of nitrogens with one attached hydrogen (secondary N) is 1. The fraction of sp³-hybridized carbons (Fsp3) is 0.118. The molecule has 4 rings (SSSR count). The first kappa shape index (κ1) is 18.6. The van der Waals surface area contributed by atoms with Crippen LogP contribution in [0, 0.1) is 0 Å². The number of anilines is 2. The fourth-order valence-electron chi connectivity index (χ4n) is 2.44. The van der Waals surface area contributed by atoms with Crippen LogP contribution in [0.2, 0.25) is 10.0 Å². The van der Waals surface area contributed by atoms with Crippen molar-refractivity contribution in [1.29, 1.82) is 0 Å². The third-order valence-corrected chi connectivity index (χ3v) is 5.06. The maximum absolute atomic E-state index is 11.6. The molecule has 3 aromatic heterocycles. The number of fused-ring (bicyclic) bond motifs is 1. The van der Waals surface area contributed by atoms with E-state index in [9.17, 15) is 4.79 Å².